The summed E-state index contributed by atoms with van der Waals surface area (Å²) >= 11 is 0. The molecule has 20 heteroatoms. The van der Waals surface area contributed by atoms with E-state index >= 15 is 0 Å². The Kier molecular flexibility index (Phi) is 25.4. The second-order valence-corrected chi connectivity index (χ2v) is 21.0. The molecule has 0 aliphatic rings. The number of aliphatic hydroxyl groups excluding tert-OH is 1. The molecule has 0 fully saturated rings. The Labute approximate surface area is 420 Å². The highest BCUT2D eigenvalue weighted by molar-refractivity contribution is 7.85. The van der Waals surface area contributed by atoms with Gasteiger partial charge in [-0.2, -0.15) is 8.42 Å². The Morgan fingerprint density at radius 3 is 2.07 bits per heavy atom. The third-order valence-corrected chi connectivity index (χ3v) is 13.5. The van der Waals surface area contributed by atoms with Crippen molar-refractivity contribution >= 4 is 45.6 Å². The van der Waals surface area contributed by atoms with Crippen LogP contribution in [0, 0.1) is 23.7 Å². The van der Waals surface area contributed by atoms with Crippen LogP contribution in [0.25, 0.3) is 0 Å². The van der Waals surface area contributed by atoms with Crippen molar-refractivity contribution < 1.29 is 46.8 Å². The number of carbonyl (C=O) groups excluding carboxylic acids is 6. The van der Waals surface area contributed by atoms with E-state index in [1.54, 1.807) is 24.5 Å². The maximum atomic E-state index is 14.6. The lowest BCUT2D eigenvalue weighted by molar-refractivity contribution is -0.142. The highest BCUT2D eigenvalue weighted by atomic mass is 32.2. The van der Waals surface area contributed by atoms with Gasteiger partial charge in [0.05, 0.1) is 36.5 Å². The molecule has 19 nitrogen and oxygen atoms in total. The van der Waals surface area contributed by atoms with Gasteiger partial charge in [0.2, 0.25) is 35.4 Å². The fourth-order valence-corrected chi connectivity index (χ4v) is 8.67. The average Bonchev–Trinajstić information content (AvgIpc) is 3.86. The molecule has 0 radical (unpaired) electrons. The molecule has 0 spiro atoms. The maximum absolute atomic E-state index is 14.6. The molecule has 7 N–H and O–H groups in total. The topological polar surface area (TPSA) is 273 Å². The van der Waals surface area contributed by atoms with Crippen molar-refractivity contribution in [2.75, 3.05) is 26.4 Å². The van der Waals surface area contributed by atoms with E-state index in [4.69, 9.17) is 4.55 Å². The number of nitrogens with one attached hydrogen (secondary N) is 5. The minimum Gasteiger partial charge on any atom is -0.391 e. The normalized spacial score (nSPS) is 14.6. The first-order chi connectivity index (χ1) is 33.6. The zero-order valence-corrected chi connectivity index (χ0v) is 43.6. The molecule has 0 aliphatic heterocycles. The smallest absolute Gasteiger partial charge is 0.266 e. The monoisotopic (exact) mass is 1010 g/mol. The Hall–Kier alpha value is -5.73. The number of carbonyl (C=O) groups is 6. The summed E-state index contributed by atoms with van der Waals surface area (Å²) in [5.74, 6) is -4.16. The molecule has 7 atom stereocenters. The van der Waals surface area contributed by atoms with Gasteiger partial charge in [-0.05, 0) is 61.1 Å². The summed E-state index contributed by atoms with van der Waals surface area (Å²) in [4.78, 5) is 96.6. The van der Waals surface area contributed by atoms with Crippen LogP contribution in [0.4, 0.5) is 0 Å². The van der Waals surface area contributed by atoms with Gasteiger partial charge < -0.3 is 41.2 Å². The highest BCUT2D eigenvalue weighted by Crippen LogP contribution is 2.24. The van der Waals surface area contributed by atoms with Crippen molar-refractivity contribution in [3.8, 4) is 0 Å². The van der Waals surface area contributed by atoms with Crippen molar-refractivity contribution in [2.45, 2.75) is 149 Å². The zero-order valence-electron chi connectivity index (χ0n) is 42.8. The van der Waals surface area contributed by atoms with E-state index in [0.717, 1.165) is 5.56 Å². The molecule has 3 aromatic rings. The van der Waals surface area contributed by atoms with E-state index in [1.807, 2.05) is 77.9 Å². The fourth-order valence-electron chi connectivity index (χ4n) is 8.17. The van der Waals surface area contributed by atoms with Crippen LogP contribution in [0.3, 0.4) is 0 Å². The number of hydrogen-bond acceptors (Lipinski definition) is 11. The molecule has 2 heterocycles. The number of amides is 6. The number of aromatic nitrogens is 3. The molecular weight excluding hydrogens is 931 g/mol. The minimum atomic E-state index is -4.19. The molecule has 0 bridgehead atoms. The SMILES string of the molecule is CCC(C)C(NC(=O)C(CC(O)C(CC(C)C)NC(=O)C(Cc1cnc[nH]1)N(C)C(=O)C(Cc1ccccc1)NC(=O)CCCCCCC(=O)N(C)CCS(=O)(=O)O)C(C)C)C(=O)NCc1ccccn1. The summed E-state index contributed by atoms with van der Waals surface area (Å²) in [5, 5.41) is 23.8. The molecule has 71 heavy (non-hydrogen) atoms. The Bertz CT molecular complexity index is 2220. The first-order valence-electron chi connectivity index (χ1n) is 24.8. The largest absolute Gasteiger partial charge is 0.391 e. The second-order valence-electron chi connectivity index (χ2n) is 19.4. The zero-order chi connectivity index (χ0) is 52.7. The molecule has 1 aromatic carbocycles. The molecule has 6 amide bonds. The van der Waals surface area contributed by atoms with E-state index in [1.165, 1.54) is 30.2 Å². The number of pyridine rings is 1. The fraction of sp³-hybridized carbons (Fsp3) is 0.608. The third kappa shape index (κ3) is 21.7. The molecule has 0 aliphatic carbocycles. The van der Waals surface area contributed by atoms with Gasteiger partial charge in [0.15, 0.2) is 0 Å². The van der Waals surface area contributed by atoms with E-state index in [2.05, 4.69) is 36.2 Å². The minimum absolute atomic E-state index is 0.00415. The van der Waals surface area contributed by atoms with Crippen molar-refractivity contribution in [3.05, 3.63) is 84.2 Å². The number of nitrogens with zero attached hydrogens (tertiary/aromatic N) is 4. The lowest BCUT2D eigenvalue weighted by atomic mass is 9.85. The number of hydrogen-bond donors (Lipinski definition) is 7. The molecule has 0 saturated heterocycles. The van der Waals surface area contributed by atoms with Crippen LogP contribution in [0.2, 0.25) is 0 Å². The van der Waals surface area contributed by atoms with Crippen LogP contribution in [0.15, 0.2) is 67.3 Å². The van der Waals surface area contributed by atoms with E-state index < -0.39 is 69.8 Å². The van der Waals surface area contributed by atoms with Crippen LogP contribution >= 0.6 is 0 Å². The molecule has 7 unspecified atom stereocenters. The summed E-state index contributed by atoms with van der Waals surface area (Å²) in [6.07, 6.45) is 7.10. The highest BCUT2D eigenvalue weighted by Gasteiger charge is 2.37. The predicted octanol–water partition coefficient (Wildman–Crippen LogP) is 3.99. The van der Waals surface area contributed by atoms with Crippen molar-refractivity contribution in [2.24, 2.45) is 23.7 Å². The number of aromatic amines is 1. The maximum Gasteiger partial charge on any atom is 0.266 e. The molecule has 394 valence electrons. The summed E-state index contributed by atoms with van der Waals surface area (Å²) in [6, 6.07) is 10.7. The lowest BCUT2D eigenvalue weighted by Gasteiger charge is -2.34. The van der Waals surface area contributed by atoms with Crippen molar-refractivity contribution in [1.29, 1.82) is 0 Å². The Morgan fingerprint density at radius 2 is 1.48 bits per heavy atom. The first kappa shape index (κ1) is 59.6. The van der Waals surface area contributed by atoms with Crippen LogP contribution in [-0.4, -0.2) is 135 Å². The van der Waals surface area contributed by atoms with Crippen LogP contribution < -0.4 is 21.3 Å². The van der Waals surface area contributed by atoms with E-state index in [-0.39, 0.29) is 80.7 Å². The Balaban J connectivity index is 1.76. The molecule has 3 rings (SSSR count). The number of rotatable bonds is 32. The van der Waals surface area contributed by atoms with Crippen molar-refractivity contribution in [3.63, 3.8) is 0 Å². The summed E-state index contributed by atoms with van der Waals surface area (Å²) in [7, 11) is -1.22. The average molecular weight is 1010 g/mol. The van der Waals surface area contributed by atoms with Gasteiger partial charge in [0, 0.05) is 70.3 Å². The molecule has 2 aromatic heterocycles. The van der Waals surface area contributed by atoms with Crippen LogP contribution in [0.5, 0.6) is 0 Å². The number of benzene rings is 1. The number of likely N-dealkylation sites (N-methyl/N-ethyl adjacent to an activating group) is 1. The molecular formula is C51H79N9O10S. The standard InChI is InChI=1S/C51H79N9O10S/c1-9-36(6)47(50(66)54-32-38-21-17-18-24-53-38)58-48(64)40(35(4)5)30-44(61)41(27-34(2)3)57-49(65)43(29-39-31-52-33-55-39)60(8)51(67)42(28-37-19-13-12-14-20-37)56-45(62)22-15-10-11-16-23-46(63)59(7)25-26-71(68,69)70/h12-14,17-21,24,31,33-36,40-44,47,61H,9-11,15-16,22-23,25-30,32H2,1-8H3,(H,52,55)(H,54,66)(H,56,62)(H,57,65)(H,58,64)(H,68,69,70). The van der Waals surface area contributed by atoms with Crippen molar-refractivity contribution in [1.82, 2.24) is 46.0 Å². The summed E-state index contributed by atoms with van der Waals surface area (Å²) < 4.78 is 31.0. The predicted molar refractivity (Wildman–Crippen MR) is 270 cm³/mol. The van der Waals surface area contributed by atoms with Gasteiger partial charge in [0.25, 0.3) is 10.1 Å². The third-order valence-electron chi connectivity index (χ3n) is 12.8. The number of H-pyrrole nitrogens is 1. The van der Waals surface area contributed by atoms with Gasteiger partial charge in [-0.25, -0.2) is 4.98 Å². The summed E-state index contributed by atoms with van der Waals surface area (Å²) in [6.45, 7) is 11.5. The second kappa shape index (κ2) is 30.2. The van der Waals surface area contributed by atoms with E-state index in [9.17, 15) is 42.3 Å². The quantitative estimate of drug-likeness (QED) is 0.0346. The van der Waals surface area contributed by atoms with Gasteiger partial charge in [-0.15, -0.1) is 0 Å². The lowest BCUT2D eigenvalue weighted by Crippen LogP contribution is -2.58. The number of aliphatic hydroxyl groups is 1. The summed E-state index contributed by atoms with van der Waals surface area (Å²) in [5.41, 5.74) is 2.02. The number of unbranched alkanes of at least 4 members (excludes halogenated alkanes) is 3. The van der Waals surface area contributed by atoms with Gasteiger partial charge >= 0.3 is 0 Å². The van der Waals surface area contributed by atoms with Crippen LogP contribution in [-0.2, 0) is 58.3 Å². The Morgan fingerprint density at radius 1 is 0.803 bits per heavy atom. The first-order valence-corrected chi connectivity index (χ1v) is 26.4. The van der Waals surface area contributed by atoms with Gasteiger partial charge in [-0.1, -0.05) is 97.2 Å². The van der Waals surface area contributed by atoms with Gasteiger partial charge in [0.1, 0.15) is 18.1 Å². The number of imidazole rings is 1. The van der Waals surface area contributed by atoms with Crippen LogP contribution in [0.1, 0.15) is 116 Å². The van der Waals surface area contributed by atoms with E-state index in [0.29, 0.717) is 49.9 Å². The molecule has 0 saturated carbocycles. The van der Waals surface area contributed by atoms with Gasteiger partial charge in [-0.3, -0.25) is 38.3 Å².